The summed E-state index contributed by atoms with van der Waals surface area (Å²) < 4.78 is 10.3. The Morgan fingerprint density at radius 3 is 2.68 bits per heavy atom. The third-order valence-electron chi connectivity index (χ3n) is 2.63. The van der Waals surface area contributed by atoms with E-state index in [0.717, 1.165) is 5.56 Å². The largest absolute Gasteiger partial charge is 0.495 e. The number of alkyl carbamates (subject to hydrolysis) is 1. The van der Waals surface area contributed by atoms with E-state index in [0.29, 0.717) is 29.4 Å². The molecule has 0 unspecified atom stereocenters. The standard InChI is InChI=1S/C16H23ClN2O3/c1-16(2,3)22-15(20)19-8-6-5-7-11-9-14(21-4)13(18)10-12(11)17/h5,7,9-10H,6,8,18H2,1-4H3,(H,19,20). The molecule has 1 aromatic rings. The second-order valence-electron chi connectivity index (χ2n) is 5.74. The molecular weight excluding hydrogens is 304 g/mol. The van der Waals surface area contributed by atoms with Crippen LogP contribution in [0.15, 0.2) is 18.2 Å². The van der Waals surface area contributed by atoms with Crippen molar-refractivity contribution in [3.05, 3.63) is 28.8 Å². The second-order valence-corrected chi connectivity index (χ2v) is 6.14. The van der Waals surface area contributed by atoms with Crippen LogP contribution in [0.4, 0.5) is 10.5 Å². The molecule has 0 aliphatic carbocycles. The maximum atomic E-state index is 11.5. The molecule has 0 saturated heterocycles. The smallest absolute Gasteiger partial charge is 0.407 e. The van der Waals surface area contributed by atoms with Crippen LogP contribution in [0, 0.1) is 0 Å². The molecule has 0 radical (unpaired) electrons. The van der Waals surface area contributed by atoms with Gasteiger partial charge in [0, 0.05) is 6.54 Å². The van der Waals surface area contributed by atoms with Gasteiger partial charge in [0.2, 0.25) is 0 Å². The molecule has 0 saturated carbocycles. The fourth-order valence-corrected chi connectivity index (χ4v) is 1.91. The molecule has 0 aliphatic rings. The van der Waals surface area contributed by atoms with Crippen LogP contribution in [0.2, 0.25) is 5.02 Å². The lowest BCUT2D eigenvalue weighted by Gasteiger charge is -2.19. The van der Waals surface area contributed by atoms with Crippen LogP contribution in [0.25, 0.3) is 6.08 Å². The van der Waals surface area contributed by atoms with Crippen molar-refractivity contribution < 1.29 is 14.3 Å². The Morgan fingerprint density at radius 2 is 2.09 bits per heavy atom. The highest BCUT2D eigenvalue weighted by molar-refractivity contribution is 6.32. The van der Waals surface area contributed by atoms with E-state index in [1.165, 1.54) is 0 Å². The van der Waals surface area contributed by atoms with Gasteiger partial charge >= 0.3 is 6.09 Å². The van der Waals surface area contributed by atoms with Crippen molar-refractivity contribution in [1.82, 2.24) is 5.32 Å². The highest BCUT2D eigenvalue weighted by Crippen LogP contribution is 2.29. The maximum Gasteiger partial charge on any atom is 0.407 e. The van der Waals surface area contributed by atoms with Crippen LogP contribution in [0.5, 0.6) is 5.75 Å². The van der Waals surface area contributed by atoms with Crippen LogP contribution >= 0.6 is 11.6 Å². The van der Waals surface area contributed by atoms with Crippen LogP contribution < -0.4 is 15.8 Å². The number of halogens is 1. The molecule has 0 bridgehead atoms. The zero-order chi connectivity index (χ0) is 16.8. The van der Waals surface area contributed by atoms with Crippen LogP contribution in [0.1, 0.15) is 32.8 Å². The average molecular weight is 327 g/mol. The Balaban J connectivity index is 2.48. The van der Waals surface area contributed by atoms with Crippen molar-refractivity contribution in [2.45, 2.75) is 32.8 Å². The number of benzene rings is 1. The number of ether oxygens (including phenoxy) is 2. The number of anilines is 1. The van der Waals surface area contributed by atoms with Gasteiger partial charge < -0.3 is 20.5 Å². The summed E-state index contributed by atoms with van der Waals surface area (Å²) in [6.45, 7) is 5.95. The molecule has 0 aromatic heterocycles. The Bertz CT molecular complexity index is 551. The number of hydrogen-bond acceptors (Lipinski definition) is 4. The normalized spacial score (nSPS) is 11.5. The first-order chi connectivity index (χ1) is 10.2. The van der Waals surface area contributed by atoms with Gasteiger partial charge in [-0.25, -0.2) is 4.79 Å². The lowest BCUT2D eigenvalue weighted by atomic mass is 10.1. The third kappa shape index (κ3) is 6.26. The summed E-state index contributed by atoms with van der Waals surface area (Å²) in [5, 5.41) is 3.23. The summed E-state index contributed by atoms with van der Waals surface area (Å²) in [6, 6.07) is 3.43. The van der Waals surface area contributed by atoms with E-state index >= 15 is 0 Å². The van der Waals surface area contributed by atoms with Gasteiger partial charge in [0.15, 0.2) is 0 Å². The number of nitrogens with one attached hydrogen (secondary N) is 1. The Labute approximate surface area is 136 Å². The molecule has 1 rings (SSSR count). The van der Waals surface area contributed by atoms with Crippen LogP contribution in [-0.4, -0.2) is 25.3 Å². The fraction of sp³-hybridized carbons (Fsp3) is 0.438. The summed E-state index contributed by atoms with van der Waals surface area (Å²) in [7, 11) is 1.55. The van der Waals surface area contributed by atoms with Crippen molar-refractivity contribution in [2.24, 2.45) is 0 Å². The first-order valence-electron chi connectivity index (χ1n) is 6.99. The van der Waals surface area contributed by atoms with Crippen molar-refractivity contribution >= 4 is 29.5 Å². The third-order valence-corrected chi connectivity index (χ3v) is 2.95. The highest BCUT2D eigenvalue weighted by Gasteiger charge is 2.15. The summed E-state index contributed by atoms with van der Waals surface area (Å²) in [6.07, 6.45) is 4.01. The number of amides is 1. The van der Waals surface area contributed by atoms with Crippen LogP contribution in [-0.2, 0) is 4.74 Å². The molecule has 0 spiro atoms. The summed E-state index contributed by atoms with van der Waals surface area (Å²) in [5.74, 6) is 0.580. The molecule has 0 aliphatic heterocycles. The van der Waals surface area contributed by atoms with Crippen molar-refractivity contribution in [3.8, 4) is 5.75 Å². The van der Waals surface area contributed by atoms with Gasteiger partial charge in [0.25, 0.3) is 0 Å². The van der Waals surface area contributed by atoms with E-state index in [1.54, 1.807) is 19.2 Å². The Kier molecular flexibility index (Phi) is 6.56. The Morgan fingerprint density at radius 1 is 1.41 bits per heavy atom. The van der Waals surface area contributed by atoms with Gasteiger partial charge in [-0.1, -0.05) is 23.8 Å². The molecule has 3 N–H and O–H groups in total. The Hall–Kier alpha value is -1.88. The number of methoxy groups -OCH3 is 1. The second kappa shape index (κ2) is 7.94. The first-order valence-corrected chi connectivity index (χ1v) is 7.37. The average Bonchev–Trinajstić information content (AvgIpc) is 2.38. The number of carbonyl (C=O) groups excluding carboxylic acids is 1. The van der Waals surface area contributed by atoms with E-state index in [1.807, 2.05) is 32.9 Å². The van der Waals surface area contributed by atoms with E-state index in [4.69, 9.17) is 26.8 Å². The molecule has 122 valence electrons. The predicted octanol–water partition coefficient (Wildman–Crippen LogP) is 3.86. The quantitative estimate of drug-likeness (QED) is 0.636. The van der Waals surface area contributed by atoms with Gasteiger partial charge in [-0.3, -0.25) is 0 Å². The van der Waals surface area contributed by atoms with Gasteiger partial charge in [0.1, 0.15) is 11.4 Å². The maximum absolute atomic E-state index is 11.5. The van der Waals surface area contributed by atoms with Gasteiger partial charge in [-0.15, -0.1) is 0 Å². The summed E-state index contributed by atoms with van der Waals surface area (Å²) in [4.78, 5) is 11.5. The molecule has 5 nitrogen and oxygen atoms in total. The lowest BCUT2D eigenvalue weighted by Crippen LogP contribution is -2.32. The summed E-state index contributed by atoms with van der Waals surface area (Å²) >= 11 is 6.12. The molecule has 22 heavy (non-hydrogen) atoms. The number of nitrogen functional groups attached to an aromatic ring is 1. The highest BCUT2D eigenvalue weighted by atomic mass is 35.5. The van der Waals surface area contributed by atoms with E-state index in [-0.39, 0.29) is 0 Å². The molecule has 0 fully saturated rings. The fourth-order valence-electron chi connectivity index (χ4n) is 1.67. The minimum absolute atomic E-state index is 0.423. The zero-order valence-corrected chi connectivity index (χ0v) is 14.2. The molecule has 1 amide bonds. The van der Waals surface area contributed by atoms with Gasteiger partial charge in [0.05, 0.1) is 17.8 Å². The molecule has 0 atom stereocenters. The number of rotatable bonds is 5. The van der Waals surface area contributed by atoms with Gasteiger partial charge in [-0.2, -0.15) is 0 Å². The SMILES string of the molecule is COc1cc(C=CCCNC(=O)OC(C)(C)C)c(Cl)cc1N. The van der Waals surface area contributed by atoms with Crippen molar-refractivity contribution in [2.75, 3.05) is 19.4 Å². The summed E-state index contributed by atoms with van der Waals surface area (Å²) in [5.41, 5.74) is 6.58. The van der Waals surface area contributed by atoms with Crippen molar-refractivity contribution in [3.63, 3.8) is 0 Å². The van der Waals surface area contributed by atoms with E-state index < -0.39 is 11.7 Å². The zero-order valence-electron chi connectivity index (χ0n) is 13.4. The monoisotopic (exact) mass is 326 g/mol. The van der Waals surface area contributed by atoms with Crippen LogP contribution in [0.3, 0.4) is 0 Å². The molecular formula is C16H23ClN2O3. The number of nitrogens with two attached hydrogens (primary N) is 1. The minimum atomic E-state index is -0.492. The van der Waals surface area contributed by atoms with E-state index in [2.05, 4.69) is 5.32 Å². The topological polar surface area (TPSA) is 73.6 Å². The minimum Gasteiger partial charge on any atom is -0.495 e. The molecule has 6 heteroatoms. The first kappa shape index (κ1) is 18.2. The predicted molar refractivity (Wildman–Crippen MR) is 90.3 cm³/mol. The van der Waals surface area contributed by atoms with E-state index in [9.17, 15) is 4.79 Å². The van der Waals surface area contributed by atoms with Crippen molar-refractivity contribution in [1.29, 1.82) is 0 Å². The lowest BCUT2D eigenvalue weighted by molar-refractivity contribution is 0.0529. The number of hydrogen-bond donors (Lipinski definition) is 2. The number of carbonyl (C=O) groups is 1. The van der Waals surface area contributed by atoms with Gasteiger partial charge in [-0.05, 0) is 44.9 Å². The molecule has 1 aromatic carbocycles. The molecule has 0 heterocycles.